The lowest BCUT2D eigenvalue weighted by atomic mass is 9.36. The average molecular weight is 1020 g/mol. The normalized spacial score (nSPS) is 15.4. The van der Waals surface area contributed by atoms with E-state index in [2.05, 4.69) is 287 Å². The Labute approximate surface area is 462 Å². The van der Waals surface area contributed by atoms with Gasteiger partial charge in [-0.3, -0.25) is 0 Å². The molecule has 3 heterocycles. The lowest BCUT2D eigenvalue weighted by Crippen LogP contribution is -2.60. The van der Waals surface area contributed by atoms with Crippen LogP contribution in [0.25, 0.3) is 44.5 Å². The zero-order chi connectivity index (χ0) is 52.2. The molecule has 0 radical (unpaired) electrons. The fourth-order valence-corrected chi connectivity index (χ4v) is 17.2. The Balaban J connectivity index is 0.965. The molecule has 11 aromatic rings. The number of rotatable bonds is 2. The van der Waals surface area contributed by atoms with Crippen LogP contribution in [0.3, 0.4) is 0 Å². The van der Waals surface area contributed by atoms with Gasteiger partial charge in [0.2, 0.25) is 0 Å². The van der Waals surface area contributed by atoms with E-state index < -0.39 is 10.8 Å². The minimum absolute atomic E-state index is 0.00931. The van der Waals surface area contributed by atoms with Crippen molar-refractivity contribution in [3.8, 4) is 44.5 Å². The van der Waals surface area contributed by atoms with Crippen LogP contribution in [0.2, 0.25) is 0 Å². The molecule has 0 unspecified atom stereocenters. The summed E-state index contributed by atoms with van der Waals surface area (Å²) in [5, 5.41) is 0. The van der Waals surface area contributed by atoms with Gasteiger partial charge in [0.15, 0.2) is 0 Å². The molecule has 0 N–H and O–H groups in total. The molecule has 0 atom stereocenters. The lowest BCUT2D eigenvalue weighted by Gasteiger charge is -2.44. The Morgan fingerprint density at radius 3 is 1.32 bits per heavy atom. The highest BCUT2D eigenvalue weighted by Crippen LogP contribution is 2.68. The number of anilines is 6. The molecule has 4 aliphatic carbocycles. The summed E-state index contributed by atoms with van der Waals surface area (Å²) in [5.74, 6) is 0. The first-order valence-electron chi connectivity index (χ1n) is 27.9. The number of hydrogen-bond donors (Lipinski definition) is 0. The Hall–Kier alpha value is -8.44. The first kappa shape index (κ1) is 44.7. The zero-order valence-corrected chi connectivity index (χ0v) is 45.6. The van der Waals surface area contributed by atoms with Gasteiger partial charge in [0.05, 0.1) is 16.5 Å². The van der Waals surface area contributed by atoms with Gasteiger partial charge in [-0.25, -0.2) is 0 Å². The van der Waals surface area contributed by atoms with Gasteiger partial charge in [-0.2, -0.15) is 0 Å². The van der Waals surface area contributed by atoms with E-state index in [9.17, 15) is 0 Å². The largest absolute Gasteiger partial charge is 0.311 e. The summed E-state index contributed by atoms with van der Waals surface area (Å²) in [6.45, 7) is 14.0. The molecular formula is C74H55BN2S. The number of hydrogen-bond acceptors (Lipinski definition) is 3. The third-order valence-corrected chi connectivity index (χ3v) is 20.2. The Morgan fingerprint density at radius 1 is 0.359 bits per heavy atom. The average Bonchev–Trinajstić information content (AvgIpc) is 2.43. The molecule has 78 heavy (non-hydrogen) atoms. The highest BCUT2D eigenvalue weighted by Gasteiger charge is 2.57. The van der Waals surface area contributed by atoms with E-state index in [1.165, 1.54) is 149 Å². The molecule has 2 nitrogen and oxygen atoms in total. The minimum Gasteiger partial charge on any atom is -0.311 e. The minimum atomic E-state index is -0.466. The summed E-state index contributed by atoms with van der Waals surface area (Å²) >= 11 is 2.07. The van der Waals surface area contributed by atoms with Crippen molar-refractivity contribution in [2.75, 3.05) is 9.80 Å². The summed E-state index contributed by atoms with van der Waals surface area (Å²) in [5.41, 5.74) is 31.9. The fraction of sp³-hybridized carbons (Fsp3) is 0.135. The van der Waals surface area contributed by atoms with Crippen LogP contribution < -0.4 is 25.5 Å². The molecule has 2 spiro atoms. The highest BCUT2D eigenvalue weighted by molar-refractivity contribution is 7.30. The van der Waals surface area contributed by atoms with Gasteiger partial charge in [0.25, 0.3) is 6.71 Å². The summed E-state index contributed by atoms with van der Waals surface area (Å²) in [6, 6.07) is 87.0. The van der Waals surface area contributed by atoms with E-state index in [1.54, 1.807) is 0 Å². The van der Waals surface area contributed by atoms with Gasteiger partial charge in [-0.15, -0.1) is 11.3 Å². The maximum Gasteiger partial charge on any atom is 0.264 e. The first-order chi connectivity index (χ1) is 38.0. The third-order valence-electron chi connectivity index (χ3n) is 18.8. The second kappa shape index (κ2) is 15.2. The summed E-state index contributed by atoms with van der Waals surface area (Å²) in [6.07, 6.45) is 0. The van der Waals surface area contributed by atoms with Gasteiger partial charge < -0.3 is 9.80 Å². The van der Waals surface area contributed by atoms with Gasteiger partial charge in [-0.05, 0) is 153 Å². The SMILES string of the molecule is CC(C)(C)c1ccc(N2c3cccc4c3B(c3ccc(C(C)(C)C)cc3N4c3ccc4c(c3)C3(c5ccccc5-c5ccccc53)c3ccccc3-4)c3sc4c(c32)-c2ccccc2C42c3ccccc3-c3ccccc32)cc1. The maximum atomic E-state index is 2.67. The summed E-state index contributed by atoms with van der Waals surface area (Å²) in [7, 11) is 0. The van der Waals surface area contributed by atoms with Crippen molar-refractivity contribution < 1.29 is 0 Å². The summed E-state index contributed by atoms with van der Waals surface area (Å²) in [4.78, 5) is 6.74. The molecule has 0 bridgehead atoms. The second-order valence-corrected chi connectivity index (χ2v) is 25.7. The van der Waals surface area contributed by atoms with Crippen LogP contribution in [0.4, 0.5) is 34.1 Å². The molecule has 0 saturated heterocycles. The van der Waals surface area contributed by atoms with E-state index >= 15 is 0 Å². The predicted molar refractivity (Wildman–Crippen MR) is 328 cm³/mol. The molecule has 17 rings (SSSR count). The Kier molecular flexibility index (Phi) is 8.70. The van der Waals surface area contributed by atoms with Gasteiger partial charge >= 0.3 is 0 Å². The molecule has 0 saturated carbocycles. The molecule has 0 amide bonds. The smallest absolute Gasteiger partial charge is 0.264 e. The monoisotopic (exact) mass is 1010 g/mol. The summed E-state index contributed by atoms with van der Waals surface area (Å²) < 4.78 is 1.41. The van der Waals surface area contributed by atoms with Crippen LogP contribution in [-0.4, -0.2) is 6.71 Å². The van der Waals surface area contributed by atoms with E-state index in [4.69, 9.17) is 0 Å². The fourth-order valence-electron chi connectivity index (χ4n) is 15.5. The molecule has 2 aliphatic heterocycles. The van der Waals surface area contributed by atoms with Crippen LogP contribution in [-0.2, 0) is 21.7 Å². The van der Waals surface area contributed by atoms with Crippen LogP contribution in [0.5, 0.6) is 0 Å². The van der Waals surface area contributed by atoms with Crippen molar-refractivity contribution in [3.63, 3.8) is 0 Å². The third kappa shape index (κ3) is 5.39. The van der Waals surface area contributed by atoms with Crippen molar-refractivity contribution in [2.24, 2.45) is 0 Å². The molecule has 1 aromatic heterocycles. The molecule has 370 valence electrons. The molecule has 0 fully saturated rings. The highest BCUT2D eigenvalue weighted by atomic mass is 32.1. The van der Waals surface area contributed by atoms with Gasteiger partial charge in [0.1, 0.15) is 0 Å². The molecule has 6 aliphatic rings. The predicted octanol–water partition coefficient (Wildman–Crippen LogP) is 17.1. The van der Waals surface area contributed by atoms with E-state index in [1.807, 2.05) is 0 Å². The van der Waals surface area contributed by atoms with E-state index in [-0.39, 0.29) is 17.5 Å². The van der Waals surface area contributed by atoms with Crippen molar-refractivity contribution in [1.29, 1.82) is 0 Å². The standard InChI is InChI=1S/C74H55BN2S/c1-71(2,3)44-34-37-46(38-35-44)77-64-33-19-32-63-67(64)75(70-68(77)66-54-25-12-18-31-60(54)74(69(66)78-70)58-29-16-10-22-50(58)51-23-11-17-30-59(51)74)62-41-36-45(72(4,5)6)42-65(62)76(63)47-39-40-53-52-24-9-15-28-57(52)73(61(53)43-47)55-26-13-7-20-48(55)49-21-8-14-27-56(49)73/h7-43H,1-6H3. The van der Waals surface area contributed by atoms with Gasteiger partial charge in [0, 0.05) is 43.7 Å². The molecule has 10 aromatic carbocycles. The van der Waals surface area contributed by atoms with E-state index in [0.717, 1.165) is 0 Å². The number of nitrogens with zero attached hydrogens (tertiary/aromatic N) is 2. The van der Waals surface area contributed by atoms with Crippen LogP contribution >= 0.6 is 11.3 Å². The Morgan fingerprint density at radius 2 is 0.795 bits per heavy atom. The molecular weight excluding hydrogens is 960 g/mol. The second-order valence-electron chi connectivity index (χ2n) is 24.7. The lowest BCUT2D eigenvalue weighted by molar-refractivity contribution is 0.590. The quantitative estimate of drug-likeness (QED) is 0.159. The van der Waals surface area contributed by atoms with Crippen LogP contribution in [0.15, 0.2) is 224 Å². The Bertz CT molecular complexity index is 4340. The first-order valence-corrected chi connectivity index (χ1v) is 28.7. The number of thiophene rings is 1. The van der Waals surface area contributed by atoms with Crippen molar-refractivity contribution >= 4 is 67.9 Å². The van der Waals surface area contributed by atoms with Crippen LogP contribution in [0.1, 0.15) is 96.5 Å². The maximum absolute atomic E-state index is 2.67. The van der Waals surface area contributed by atoms with Crippen molar-refractivity contribution in [2.45, 2.75) is 63.2 Å². The van der Waals surface area contributed by atoms with E-state index in [0.29, 0.717) is 0 Å². The van der Waals surface area contributed by atoms with Crippen molar-refractivity contribution in [3.05, 3.63) is 279 Å². The van der Waals surface area contributed by atoms with Gasteiger partial charge in [-0.1, -0.05) is 224 Å². The topological polar surface area (TPSA) is 6.48 Å². The van der Waals surface area contributed by atoms with Crippen molar-refractivity contribution in [1.82, 2.24) is 0 Å². The zero-order valence-electron chi connectivity index (χ0n) is 44.7. The van der Waals surface area contributed by atoms with Crippen LogP contribution in [0, 0.1) is 0 Å². The molecule has 4 heteroatoms. The number of fused-ring (bicyclic) bond motifs is 25. The number of benzene rings is 10.